The largest absolute Gasteiger partial charge is 0.443 e. The highest BCUT2D eigenvalue weighted by atomic mass is 16.5. The van der Waals surface area contributed by atoms with E-state index in [9.17, 15) is 9.59 Å². The Morgan fingerprint density at radius 2 is 1.95 bits per heavy atom. The zero-order valence-corrected chi connectivity index (χ0v) is 11.8. The van der Waals surface area contributed by atoms with Crippen molar-refractivity contribution in [3.8, 4) is 0 Å². The number of hydrogen-bond acceptors (Lipinski definition) is 3. The normalized spacial score (nSPS) is 11.9. The highest BCUT2D eigenvalue weighted by Gasteiger charge is 2.17. The minimum atomic E-state index is -0.914. The smallest absolute Gasteiger partial charge is 0.415 e. The summed E-state index contributed by atoms with van der Waals surface area (Å²) in [4.78, 5) is 21.8. The summed E-state index contributed by atoms with van der Waals surface area (Å²) in [7, 11) is 0. The van der Waals surface area contributed by atoms with Gasteiger partial charge in [0, 0.05) is 6.42 Å². The van der Waals surface area contributed by atoms with Crippen molar-refractivity contribution in [2.24, 2.45) is 5.73 Å². The number of benzene rings is 1. The second-order valence-electron chi connectivity index (χ2n) is 4.97. The first-order valence-electron chi connectivity index (χ1n) is 6.59. The van der Waals surface area contributed by atoms with Crippen molar-refractivity contribution in [3.63, 3.8) is 0 Å². The molecule has 0 aliphatic heterocycles. The number of alkyl carbamates (subject to hydrolysis) is 1. The Morgan fingerprint density at radius 3 is 2.50 bits per heavy atom. The molecule has 6 heteroatoms. The molecule has 0 fully saturated rings. The number of rotatable bonds is 6. The Hall–Kier alpha value is -2.08. The topological polar surface area (TPSA) is 98.0 Å². The molecule has 1 aromatic rings. The molecular weight excluding hydrogens is 258 g/mol. The molecule has 0 unspecified atom stereocenters. The van der Waals surface area contributed by atoms with Crippen LogP contribution < -0.4 is 16.4 Å². The van der Waals surface area contributed by atoms with Crippen molar-refractivity contribution < 1.29 is 19.6 Å². The Balaban J connectivity index is 2.52. The van der Waals surface area contributed by atoms with E-state index < -0.39 is 12.1 Å². The number of quaternary nitrogens is 1. The van der Waals surface area contributed by atoms with Crippen LogP contribution in [0.2, 0.25) is 0 Å². The van der Waals surface area contributed by atoms with Gasteiger partial charge in [0.15, 0.2) is 0 Å². The summed E-state index contributed by atoms with van der Waals surface area (Å²) in [6.07, 6.45) is -0.0317. The fourth-order valence-corrected chi connectivity index (χ4v) is 1.96. The standard InChI is InChI=1S/C14H21N3O3/c1-10(2)16-12(8-11-6-4-3-5-7-11)9-20-14(19)17-13(15)18/h3-7,10,12,16H,8-9H2,1-2H3,(H3,15,17,18,19)/p+1/t12-/m1/s1. The van der Waals surface area contributed by atoms with Crippen molar-refractivity contribution in [1.29, 1.82) is 0 Å². The average Bonchev–Trinajstić information content (AvgIpc) is 2.36. The van der Waals surface area contributed by atoms with E-state index in [1.165, 1.54) is 5.56 Å². The lowest BCUT2D eigenvalue weighted by molar-refractivity contribution is -0.716. The first-order valence-corrected chi connectivity index (χ1v) is 6.59. The van der Waals surface area contributed by atoms with Gasteiger partial charge in [-0.3, -0.25) is 0 Å². The summed E-state index contributed by atoms with van der Waals surface area (Å²) < 4.78 is 5.01. The van der Waals surface area contributed by atoms with Crippen LogP contribution in [0.4, 0.5) is 9.59 Å². The first-order chi connectivity index (χ1) is 9.47. The summed E-state index contributed by atoms with van der Waals surface area (Å²) in [6.45, 7) is 4.36. The molecule has 0 aliphatic rings. The third kappa shape index (κ3) is 6.75. The van der Waals surface area contributed by atoms with Crippen molar-refractivity contribution in [2.45, 2.75) is 32.4 Å². The molecule has 0 aromatic heterocycles. The molecule has 0 aliphatic carbocycles. The molecule has 1 atom stereocenters. The molecule has 5 N–H and O–H groups in total. The van der Waals surface area contributed by atoms with E-state index in [1.54, 1.807) is 0 Å². The first kappa shape index (κ1) is 16.0. The number of urea groups is 1. The van der Waals surface area contributed by atoms with Gasteiger partial charge < -0.3 is 15.8 Å². The third-order valence-corrected chi connectivity index (χ3v) is 2.65. The molecule has 0 saturated heterocycles. The second kappa shape index (κ2) is 8.16. The Kier molecular flexibility index (Phi) is 6.52. The second-order valence-corrected chi connectivity index (χ2v) is 4.97. The van der Waals surface area contributed by atoms with E-state index >= 15 is 0 Å². The number of carbonyl (C=O) groups is 2. The fraction of sp³-hybridized carbons (Fsp3) is 0.429. The van der Waals surface area contributed by atoms with Gasteiger partial charge in [0.2, 0.25) is 0 Å². The molecule has 0 spiro atoms. The maximum Gasteiger partial charge on any atom is 0.415 e. The molecule has 0 radical (unpaired) electrons. The number of carbonyl (C=O) groups excluding carboxylic acids is 2. The number of primary amides is 1. The average molecular weight is 280 g/mol. The molecule has 3 amide bonds. The molecule has 0 saturated carbocycles. The summed E-state index contributed by atoms with van der Waals surface area (Å²) in [6, 6.07) is 9.53. The minimum absolute atomic E-state index is 0.0935. The quantitative estimate of drug-likeness (QED) is 0.702. The van der Waals surface area contributed by atoms with E-state index in [2.05, 4.69) is 19.2 Å². The molecule has 1 aromatic carbocycles. The summed E-state index contributed by atoms with van der Waals surface area (Å²) in [5.41, 5.74) is 6.02. The molecule has 0 bridgehead atoms. The molecule has 20 heavy (non-hydrogen) atoms. The SMILES string of the molecule is CC(C)[NH2+][C@@H](COC(=O)NC(N)=O)Cc1ccccc1. The number of amides is 3. The van der Waals surface area contributed by atoms with Crippen LogP contribution in [0.25, 0.3) is 0 Å². The number of ether oxygens (including phenoxy) is 1. The van der Waals surface area contributed by atoms with Crippen LogP contribution in [0.5, 0.6) is 0 Å². The van der Waals surface area contributed by atoms with Gasteiger partial charge in [-0.25, -0.2) is 14.9 Å². The zero-order chi connectivity index (χ0) is 15.0. The lowest BCUT2D eigenvalue weighted by Gasteiger charge is -2.18. The maximum atomic E-state index is 11.2. The summed E-state index contributed by atoms with van der Waals surface area (Å²) >= 11 is 0. The monoisotopic (exact) mass is 280 g/mol. The highest BCUT2D eigenvalue weighted by molar-refractivity contribution is 5.89. The molecule has 0 heterocycles. The fourth-order valence-electron chi connectivity index (χ4n) is 1.96. The van der Waals surface area contributed by atoms with Crippen molar-refractivity contribution in [1.82, 2.24) is 5.32 Å². The number of nitrogens with one attached hydrogen (secondary N) is 1. The molecule has 1 rings (SSSR count). The van der Waals surface area contributed by atoms with Gasteiger partial charge in [0.1, 0.15) is 12.6 Å². The zero-order valence-electron chi connectivity index (χ0n) is 11.8. The number of hydrogen-bond donors (Lipinski definition) is 3. The van der Waals surface area contributed by atoms with E-state index in [0.29, 0.717) is 6.04 Å². The van der Waals surface area contributed by atoms with Gasteiger partial charge in [-0.2, -0.15) is 0 Å². The highest BCUT2D eigenvalue weighted by Crippen LogP contribution is 2.02. The van der Waals surface area contributed by atoms with Crippen LogP contribution in [0, 0.1) is 0 Å². The van der Waals surface area contributed by atoms with Gasteiger partial charge in [-0.05, 0) is 19.4 Å². The van der Waals surface area contributed by atoms with Crippen LogP contribution in [0.15, 0.2) is 30.3 Å². The maximum absolute atomic E-state index is 11.2. The Labute approximate surface area is 118 Å². The Morgan fingerprint density at radius 1 is 1.30 bits per heavy atom. The van der Waals surface area contributed by atoms with Crippen LogP contribution in [0.3, 0.4) is 0 Å². The minimum Gasteiger partial charge on any atom is -0.443 e. The van der Waals surface area contributed by atoms with Crippen molar-refractivity contribution in [2.75, 3.05) is 6.61 Å². The number of nitrogens with two attached hydrogens (primary N) is 2. The lowest BCUT2D eigenvalue weighted by atomic mass is 10.1. The van der Waals surface area contributed by atoms with Gasteiger partial charge in [0.25, 0.3) is 0 Å². The summed E-state index contributed by atoms with van der Waals surface area (Å²) in [5.74, 6) is 0. The number of imide groups is 1. The molecule has 6 nitrogen and oxygen atoms in total. The van der Waals surface area contributed by atoms with Gasteiger partial charge >= 0.3 is 12.1 Å². The van der Waals surface area contributed by atoms with Crippen LogP contribution in [-0.2, 0) is 11.2 Å². The van der Waals surface area contributed by atoms with E-state index in [-0.39, 0.29) is 12.6 Å². The molecular formula is C14H22N3O3+. The van der Waals surface area contributed by atoms with Gasteiger partial charge in [0.05, 0.1) is 6.04 Å². The van der Waals surface area contributed by atoms with Crippen LogP contribution >= 0.6 is 0 Å². The van der Waals surface area contributed by atoms with Crippen molar-refractivity contribution >= 4 is 12.1 Å². The third-order valence-electron chi connectivity index (χ3n) is 2.65. The predicted molar refractivity (Wildman–Crippen MR) is 75.1 cm³/mol. The van der Waals surface area contributed by atoms with Crippen LogP contribution in [0.1, 0.15) is 19.4 Å². The van der Waals surface area contributed by atoms with E-state index in [0.717, 1.165) is 6.42 Å². The van der Waals surface area contributed by atoms with Gasteiger partial charge in [-0.15, -0.1) is 0 Å². The van der Waals surface area contributed by atoms with Crippen LogP contribution in [-0.4, -0.2) is 30.8 Å². The molecule has 110 valence electrons. The summed E-state index contributed by atoms with van der Waals surface area (Å²) in [5, 5.41) is 4.01. The van der Waals surface area contributed by atoms with Crippen molar-refractivity contribution in [3.05, 3.63) is 35.9 Å². The lowest BCUT2D eigenvalue weighted by Crippen LogP contribution is -2.95. The van der Waals surface area contributed by atoms with E-state index in [1.807, 2.05) is 35.6 Å². The predicted octanol–water partition coefficient (Wildman–Crippen LogP) is 0.374. The van der Waals surface area contributed by atoms with Gasteiger partial charge in [-0.1, -0.05) is 30.3 Å². The van der Waals surface area contributed by atoms with E-state index in [4.69, 9.17) is 10.5 Å². The Bertz CT molecular complexity index is 435.